The summed E-state index contributed by atoms with van der Waals surface area (Å²) in [6, 6.07) is 95.0. The van der Waals surface area contributed by atoms with Crippen LogP contribution in [0.15, 0.2) is 267 Å². The summed E-state index contributed by atoms with van der Waals surface area (Å²) in [6.45, 7) is 4.32. The lowest BCUT2D eigenvalue weighted by Crippen LogP contribution is -1.99. The van der Waals surface area contributed by atoms with Crippen LogP contribution in [0.1, 0.15) is 11.1 Å². The van der Waals surface area contributed by atoms with Gasteiger partial charge in [-0.2, -0.15) is 0 Å². The summed E-state index contributed by atoms with van der Waals surface area (Å²) in [5.74, 6) is 1.38. The second kappa shape index (κ2) is 19.2. The third-order valence-corrected chi connectivity index (χ3v) is 15.7. The van der Waals surface area contributed by atoms with Gasteiger partial charge in [-0.1, -0.05) is 205 Å². The molecule has 0 bridgehead atoms. The predicted octanol–water partition coefficient (Wildman–Crippen LogP) is 18.9. The molecule has 0 spiro atoms. The molecule has 0 aliphatic rings. The molecule has 0 radical (unpaired) electrons. The van der Waals surface area contributed by atoms with Crippen molar-refractivity contribution >= 4 is 54.4 Å². The van der Waals surface area contributed by atoms with Gasteiger partial charge in [-0.05, 0) is 103 Å². The van der Waals surface area contributed by atoms with Crippen LogP contribution in [0.25, 0.3) is 145 Å². The minimum Gasteiger partial charge on any atom is -0.309 e. The number of hydrogen-bond donors (Lipinski definition) is 0. The average Bonchev–Trinajstić information content (AvgIpc) is 4.23. The van der Waals surface area contributed by atoms with Crippen molar-refractivity contribution in [2.24, 2.45) is 0 Å². The maximum atomic E-state index is 5.24. The van der Waals surface area contributed by atoms with E-state index in [2.05, 4.69) is 247 Å². The van der Waals surface area contributed by atoms with Gasteiger partial charge in [0.1, 0.15) is 0 Å². The van der Waals surface area contributed by atoms with Crippen molar-refractivity contribution in [2.75, 3.05) is 0 Å². The van der Waals surface area contributed by atoms with E-state index in [1.165, 1.54) is 43.7 Å². The quantitative estimate of drug-likeness (QED) is 0.145. The van der Waals surface area contributed by atoms with Gasteiger partial charge in [0.2, 0.25) is 0 Å². The van der Waals surface area contributed by atoms with Crippen LogP contribution in [0.3, 0.4) is 0 Å². The lowest BCUT2D eigenvalue weighted by atomic mass is 9.98. The maximum Gasteiger partial charge on any atom is 0.160 e. The monoisotopic (exact) mass is 1020 g/mol. The fourth-order valence-electron chi connectivity index (χ4n) is 11.8. The first kappa shape index (κ1) is 46.7. The molecule has 0 aliphatic carbocycles. The van der Waals surface area contributed by atoms with E-state index in [-0.39, 0.29) is 0 Å². The normalized spacial score (nSPS) is 11.6. The van der Waals surface area contributed by atoms with Gasteiger partial charge < -0.3 is 9.13 Å². The van der Waals surface area contributed by atoms with E-state index in [9.17, 15) is 0 Å². The molecule has 0 saturated carbocycles. The van der Waals surface area contributed by atoms with Crippen molar-refractivity contribution in [3.63, 3.8) is 0 Å². The standard InChI is InChI=1S/C74H50N6/c1-47-26-38-70-61(42-47)62-43-48(2)27-39-71(62)79(70)56-35-32-52(33-36-56)65-45-64(75-73(76-65)53-18-8-4-9-19-53)51-30-28-49(29-31-51)55-34-40-72-63(44-55)60-24-14-15-25-68(60)80(72)69-41-37-58(57-22-12-13-23-59(57)69)67-46-66(50-16-6-3-7-17-50)77-74(78-67)54-20-10-5-11-21-54/h3-46H,1-2H3. The Hall–Kier alpha value is -10.6. The first-order chi connectivity index (χ1) is 39.5. The van der Waals surface area contributed by atoms with Crippen LogP contribution in [-0.4, -0.2) is 29.1 Å². The zero-order valence-corrected chi connectivity index (χ0v) is 44.1. The van der Waals surface area contributed by atoms with Gasteiger partial charge in [-0.25, -0.2) is 19.9 Å². The van der Waals surface area contributed by atoms with Gasteiger partial charge in [0.15, 0.2) is 11.6 Å². The largest absolute Gasteiger partial charge is 0.309 e. The van der Waals surface area contributed by atoms with Crippen LogP contribution in [0, 0.1) is 13.8 Å². The van der Waals surface area contributed by atoms with Gasteiger partial charge in [0.25, 0.3) is 0 Å². The first-order valence-electron chi connectivity index (χ1n) is 27.2. The molecule has 4 aromatic heterocycles. The molecule has 376 valence electrons. The Morgan fingerprint density at radius 2 is 0.662 bits per heavy atom. The molecule has 80 heavy (non-hydrogen) atoms. The first-order valence-corrected chi connectivity index (χ1v) is 27.2. The molecule has 11 aromatic carbocycles. The molecule has 0 N–H and O–H groups in total. The van der Waals surface area contributed by atoms with Crippen LogP contribution in [0.4, 0.5) is 0 Å². The molecule has 15 aromatic rings. The minimum atomic E-state index is 0.687. The average molecular weight is 1020 g/mol. The Balaban J connectivity index is 0.788. The number of rotatable bonds is 9. The maximum absolute atomic E-state index is 5.24. The van der Waals surface area contributed by atoms with Crippen LogP contribution in [0.2, 0.25) is 0 Å². The lowest BCUT2D eigenvalue weighted by Gasteiger charge is -2.16. The number of aryl methyl sites for hydroxylation is 2. The number of nitrogens with zero attached hydrogens (tertiary/aromatic N) is 6. The molecule has 0 fully saturated rings. The number of fused-ring (bicyclic) bond motifs is 7. The smallest absolute Gasteiger partial charge is 0.160 e. The Labute approximate surface area is 463 Å². The van der Waals surface area contributed by atoms with Crippen molar-refractivity contribution in [3.05, 3.63) is 278 Å². The van der Waals surface area contributed by atoms with E-state index >= 15 is 0 Å². The highest BCUT2D eigenvalue weighted by Crippen LogP contribution is 2.41. The zero-order valence-electron chi connectivity index (χ0n) is 44.1. The molecule has 6 nitrogen and oxygen atoms in total. The summed E-state index contributed by atoms with van der Waals surface area (Å²) in [5, 5.41) is 7.17. The number of aromatic nitrogens is 6. The summed E-state index contributed by atoms with van der Waals surface area (Å²) in [5.41, 5.74) is 21.2. The van der Waals surface area contributed by atoms with Crippen LogP contribution in [-0.2, 0) is 0 Å². The van der Waals surface area contributed by atoms with Crippen molar-refractivity contribution in [2.45, 2.75) is 13.8 Å². The van der Waals surface area contributed by atoms with E-state index in [1.54, 1.807) is 0 Å². The van der Waals surface area contributed by atoms with Crippen molar-refractivity contribution in [1.29, 1.82) is 0 Å². The Morgan fingerprint density at radius 3 is 1.26 bits per heavy atom. The predicted molar refractivity (Wildman–Crippen MR) is 331 cm³/mol. The summed E-state index contributed by atoms with van der Waals surface area (Å²) in [6.07, 6.45) is 0. The number of para-hydroxylation sites is 1. The molecule has 0 amide bonds. The highest BCUT2D eigenvalue weighted by Gasteiger charge is 2.20. The topological polar surface area (TPSA) is 61.4 Å². The molecule has 0 aliphatic heterocycles. The zero-order chi connectivity index (χ0) is 53.3. The van der Waals surface area contributed by atoms with Crippen molar-refractivity contribution in [3.8, 4) is 90.3 Å². The van der Waals surface area contributed by atoms with Gasteiger partial charge in [-0.15, -0.1) is 0 Å². The Kier molecular flexibility index (Phi) is 11.2. The van der Waals surface area contributed by atoms with Crippen molar-refractivity contribution < 1.29 is 0 Å². The van der Waals surface area contributed by atoms with Gasteiger partial charge in [0.05, 0.1) is 50.5 Å². The van der Waals surface area contributed by atoms with Crippen LogP contribution < -0.4 is 0 Å². The van der Waals surface area contributed by atoms with E-state index in [0.29, 0.717) is 11.6 Å². The van der Waals surface area contributed by atoms with Gasteiger partial charge in [-0.3, -0.25) is 0 Å². The highest BCUT2D eigenvalue weighted by atomic mass is 15.0. The SMILES string of the molecule is Cc1ccc2c(c1)c1cc(C)ccc1n2-c1ccc(-c2cc(-c3ccc(-c4ccc5c(c4)c4ccccc4n5-c4ccc(-c5cc(-c6ccccc6)nc(-c6ccccc6)n5)c5ccccc45)cc3)nc(-c3ccccc3)n2)cc1. The third-order valence-electron chi connectivity index (χ3n) is 15.7. The van der Waals surface area contributed by atoms with E-state index < -0.39 is 0 Å². The highest BCUT2D eigenvalue weighted by molar-refractivity contribution is 6.13. The lowest BCUT2D eigenvalue weighted by molar-refractivity contribution is 1.17. The van der Waals surface area contributed by atoms with Gasteiger partial charge in [0, 0.05) is 66.0 Å². The second-order valence-corrected chi connectivity index (χ2v) is 20.8. The molecular weight excluding hydrogens is 973 g/mol. The van der Waals surface area contributed by atoms with Gasteiger partial charge >= 0.3 is 0 Å². The third kappa shape index (κ3) is 8.12. The summed E-state index contributed by atoms with van der Waals surface area (Å²) in [7, 11) is 0. The molecule has 4 heterocycles. The van der Waals surface area contributed by atoms with Crippen LogP contribution in [0.5, 0.6) is 0 Å². The minimum absolute atomic E-state index is 0.687. The number of benzene rings is 11. The molecular formula is C74H50N6. The molecule has 15 rings (SSSR count). The fraction of sp³-hybridized carbons (Fsp3) is 0.0270. The van der Waals surface area contributed by atoms with E-state index in [0.717, 1.165) is 100 Å². The van der Waals surface area contributed by atoms with E-state index in [1.807, 2.05) is 42.5 Å². The van der Waals surface area contributed by atoms with Crippen LogP contribution >= 0.6 is 0 Å². The van der Waals surface area contributed by atoms with E-state index in [4.69, 9.17) is 19.9 Å². The molecule has 6 heteroatoms. The Bertz CT molecular complexity index is 4750. The summed E-state index contributed by atoms with van der Waals surface area (Å²) < 4.78 is 4.79. The Morgan fingerprint density at radius 1 is 0.250 bits per heavy atom. The summed E-state index contributed by atoms with van der Waals surface area (Å²) >= 11 is 0. The number of hydrogen-bond acceptors (Lipinski definition) is 4. The molecule has 0 saturated heterocycles. The summed E-state index contributed by atoms with van der Waals surface area (Å²) in [4.78, 5) is 20.7. The second-order valence-electron chi connectivity index (χ2n) is 20.8. The fourth-order valence-corrected chi connectivity index (χ4v) is 11.8. The van der Waals surface area contributed by atoms with Crippen molar-refractivity contribution in [1.82, 2.24) is 29.1 Å². The molecule has 0 unspecified atom stereocenters. The molecule has 0 atom stereocenters.